The highest BCUT2D eigenvalue weighted by Crippen LogP contribution is 2.38. The summed E-state index contributed by atoms with van der Waals surface area (Å²) in [5.41, 5.74) is 0.701. The molecule has 0 unspecified atom stereocenters. The standard InChI is InChI=1S/C12H12Cl2N3OP/c1-19(2,18)10-6-4-3-5-9(10)16-11-8(13)7-15-12(14)17-11/h3-7H,1-2H3,(H,15,16,17). The predicted molar refractivity (Wildman–Crippen MR) is 80.9 cm³/mol. The fourth-order valence-corrected chi connectivity index (χ4v) is 3.04. The van der Waals surface area contributed by atoms with Gasteiger partial charge in [-0.25, -0.2) is 4.98 Å². The highest BCUT2D eigenvalue weighted by Gasteiger charge is 2.16. The molecule has 0 radical (unpaired) electrons. The van der Waals surface area contributed by atoms with Crippen LogP contribution in [0.3, 0.4) is 0 Å². The molecule has 7 heteroatoms. The molecule has 19 heavy (non-hydrogen) atoms. The Bertz CT molecular complexity index is 657. The summed E-state index contributed by atoms with van der Waals surface area (Å²) in [4.78, 5) is 7.79. The Morgan fingerprint density at radius 1 is 1.21 bits per heavy atom. The van der Waals surface area contributed by atoms with Crippen molar-refractivity contribution >= 4 is 47.2 Å². The van der Waals surface area contributed by atoms with Crippen LogP contribution in [0.5, 0.6) is 0 Å². The van der Waals surface area contributed by atoms with Gasteiger partial charge in [-0.05, 0) is 37.1 Å². The Kier molecular flexibility index (Phi) is 4.14. The number of nitrogens with zero attached hydrogens (tertiary/aromatic N) is 2. The second-order valence-corrected chi connectivity index (χ2v) is 8.26. The van der Waals surface area contributed by atoms with Crippen LogP contribution >= 0.6 is 30.3 Å². The third kappa shape index (κ3) is 3.47. The van der Waals surface area contributed by atoms with Crippen LogP contribution in [0.15, 0.2) is 30.5 Å². The summed E-state index contributed by atoms with van der Waals surface area (Å²) in [6.45, 7) is 3.42. The van der Waals surface area contributed by atoms with Crippen molar-refractivity contribution in [2.75, 3.05) is 18.6 Å². The smallest absolute Gasteiger partial charge is 0.224 e. The number of hydrogen-bond acceptors (Lipinski definition) is 4. The first kappa shape index (κ1) is 14.3. The minimum Gasteiger partial charge on any atom is -0.338 e. The molecule has 1 heterocycles. The zero-order valence-corrected chi connectivity index (χ0v) is 12.8. The topological polar surface area (TPSA) is 54.9 Å². The average molecular weight is 316 g/mol. The van der Waals surface area contributed by atoms with Crippen LogP contribution in [0.4, 0.5) is 11.5 Å². The van der Waals surface area contributed by atoms with E-state index in [9.17, 15) is 4.57 Å². The maximum absolute atomic E-state index is 12.2. The molecule has 1 N–H and O–H groups in total. The molecule has 4 nitrogen and oxygen atoms in total. The first-order chi connectivity index (χ1) is 8.88. The van der Waals surface area contributed by atoms with E-state index in [-0.39, 0.29) is 5.28 Å². The molecule has 1 aromatic heterocycles. The Morgan fingerprint density at radius 2 is 1.89 bits per heavy atom. The van der Waals surface area contributed by atoms with Gasteiger partial charge in [-0.2, -0.15) is 4.98 Å². The first-order valence-electron chi connectivity index (χ1n) is 5.47. The quantitative estimate of drug-likeness (QED) is 0.692. The largest absolute Gasteiger partial charge is 0.338 e. The second-order valence-electron chi connectivity index (χ2n) is 4.33. The summed E-state index contributed by atoms with van der Waals surface area (Å²) in [5.74, 6) is 0.391. The summed E-state index contributed by atoms with van der Waals surface area (Å²) in [5, 5.41) is 4.23. The lowest BCUT2D eigenvalue weighted by Crippen LogP contribution is -2.10. The van der Waals surface area contributed by atoms with Crippen molar-refractivity contribution in [2.45, 2.75) is 0 Å². The molecule has 0 bridgehead atoms. The van der Waals surface area contributed by atoms with Crippen molar-refractivity contribution in [1.29, 1.82) is 0 Å². The van der Waals surface area contributed by atoms with Crippen LogP contribution in [-0.4, -0.2) is 23.3 Å². The highest BCUT2D eigenvalue weighted by atomic mass is 35.5. The van der Waals surface area contributed by atoms with Crippen molar-refractivity contribution in [2.24, 2.45) is 0 Å². The van der Waals surface area contributed by atoms with Crippen LogP contribution in [0.2, 0.25) is 10.3 Å². The molecule has 0 spiro atoms. The van der Waals surface area contributed by atoms with Crippen LogP contribution in [-0.2, 0) is 4.57 Å². The SMILES string of the molecule is CP(C)(=O)c1ccccc1Nc1nc(Cl)ncc1Cl. The Labute approximate surface area is 121 Å². The molecule has 0 amide bonds. The van der Waals surface area contributed by atoms with E-state index in [0.29, 0.717) is 16.5 Å². The van der Waals surface area contributed by atoms with E-state index >= 15 is 0 Å². The molecule has 2 aromatic rings. The number of anilines is 2. The van der Waals surface area contributed by atoms with Gasteiger partial charge < -0.3 is 9.88 Å². The van der Waals surface area contributed by atoms with E-state index in [0.717, 1.165) is 5.30 Å². The van der Waals surface area contributed by atoms with Crippen LogP contribution in [0, 0.1) is 0 Å². The Hall–Kier alpha value is -1.09. The lowest BCUT2D eigenvalue weighted by atomic mass is 10.3. The molecular formula is C12H12Cl2N3OP. The monoisotopic (exact) mass is 315 g/mol. The molecule has 0 aliphatic rings. The van der Waals surface area contributed by atoms with Gasteiger partial charge in [-0.1, -0.05) is 23.7 Å². The predicted octanol–water partition coefficient (Wildman–Crippen LogP) is 3.78. The number of rotatable bonds is 3. The third-order valence-electron chi connectivity index (χ3n) is 2.45. The van der Waals surface area contributed by atoms with Gasteiger partial charge >= 0.3 is 0 Å². The van der Waals surface area contributed by atoms with Gasteiger partial charge in [0.2, 0.25) is 5.28 Å². The van der Waals surface area contributed by atoms with Crippen molar-refractivity contribution in [3.8, 4) is 0 Å². The molecule has 100 valence electrons. The molecule has 0 saturated heterocycles. The van der Waals surface area contributed by atoms with E-state index in [4.69, 9.17) is 23.2 Å². The molecular weight excluding hydrogens is 304 g/mol. The summed E-state index contributed by atoms with van der Waals surface area (Å²) >= 11 is 11.7. The Morgan fingerprint density at radius 3 is 2.58 bits per heavy atom. The maximum Gasteiger partial charge on any atom is 0.224 e. The summed E-state index contributed by atoms with van der Waals surface area (Å²) < 4.78 is 12.2. The van der Waals surface area contributed by atoms with Gasteiger partial charge in [-0.3, -0.25) is 0 Å². The van der Waals surface area contributed by atoms with E-state index in [1.54, 1.807) is 13.3 Å². The van der Waals surface area contributed by atoms with Crippen LogP contribution in [0.1, 0.15) is 0 Å². The molecule has 0 saturated carbocycles. The molecule has 0 fully saturated rings. The molecule has 1 aromatic carbocycles. The number of halogens is 2. The zero-order valence-electron chi connectivity index (χ0n) is 10.4. The molecule has 0 aliphatic carbocycles. The fraction of sp³-hybridized carbons (Fsp3) is 0.167. The van der Waals surface area contributed by atoms with Crippen molar-refractivity contribution in [1.82, 2.24) is 9.97 Å². The van der Waals surface area contributed by atoms with Crippen molar-refractivity contribution in [3.05, 3.63) is 40.8 Å². The lowest BCUT2D eigenvalue weighted by Gasteiger charge is -2.15. The van der Waals surface area contributed by atoms with Gasteiger partial charge in [-0.15, -0.1) is 0 Å². The minimum atomic E-state index is -2.40. The van der Waals surface area contributed by atoms with Crippen molar-refractivity contribution < 1.29 is 4.57 Å². The van der Waals surface area contributed by atoms with Gasteiger partial charge in [0.05, 0.1) is 11.9 Å². The maximum atomic E-state index is 12.2. The lowest BCUT2D eigenvalue weighted by molar-refractivity contribution is 0.588. The minimum absolute atomic E-state index is 0.0977. The average Bonchev–Trinajstić information content (AvgIpc) is 2.33. The summed E-state index contributed by atoms with van der Waals surface area (Å²) in [7, 11) is -2.40. The van der Waals surface area contributed by atoms with Gasteiger partial charge in [0.1, 0.15) is 12.2 Å². The van der Waals surface area contributed by atoms with Crippen LogP contribution < -0.4 is 10.6 Å². The zero-order chi connectivity index (χ0) is 14.0. The van der Waals surface area contributed by atoms with Crippen molar-refractivity contribution in [3.63, 3.8) is 0 Å². The number of nitrogens with one attached hydrogen (secondary N) is 1. The highest BCUT2D eigenvalue weighted by molar-refractivity contribution is 7.70. The molecule has 0 atom stereocenters. The Balaban J connectivity index is 2.44. The first-order valence-corrected chi connectivity index (χ1v) is 8.83. The number of benzene rings is 1. The van der Waals surface area contributed by atoms with Crippen LogP contribution in [0.25, 0.3) is 0 Å². The fourth-order valence-electron chi connectivity index (χ4n) is 1.61. The number of hydrogen-bond donors (Lipinski definition) is 1. The second kappa shape index (κ2) is 5.49. The van der Waals surface area contributed by atoms with E-state index in [1.807, 2.05) is 24.3 Å². The number of aromatic nitrogens is 2. The van der Waals surface area contributed by atoms with Gasteiger partial charge in [0, 0.05) is 5.30 Å². The normalized spacial score (nSPS) is 11.4. The summed E-state index contributed by atoms with van der Waals surface area (Å²) in [6, 6.07) is 7.33. The van der Waals surface area contributed by atoms with E-state index < -0.39 is 7.14 Å². The van der Waals surface area contributed by atoms with Gasteiger partial charge in [0.25, 0.3) is 0 Å². The molecule has 2 rings (SSSR count). The number of para-hydroxylation sites is 1. The summed E-state index contributed by atoms with van der Waals surface area (Å²) in [6.07, 6.45) is 1.42. The van der Waals surface area contributed by atoms with E-state index in [2.05, 4.69) is 15.3 Å². The van der Waals surface area contributed by atoms with Gasteiger partial charge in [0.15, 0.2) is 5.82 Å². The third-order valence-corrected chi connectivity index (χ3v) is 4.46. The van der Waals surface area contributed by atoms with E-state index in [1.165, 1.54) is 6.20 Å². The molecule has 0 aliphatic heterocycles.